The van der Waals surface area contributed by atoms with Gasteiger partial charge in [-0.05, 0) is 35.9 Å². The highest BCUT2D eigenvalue weighted by Crippen LogP contribution is 2.29. The van der Waals surface area contributed by atoms with Crippen LogP contribution in [0.2, 0.25) is 10.0 Å². The van der Waals surface area contributed by atoms with Crippen molar-refractivity contribution < 1.29 is 17.6 Å². The predicted molar refractivity (Wildman–Crippen MR) is 107 cm³/mol. The van der Waals surface area contributed by atoms with Crippen molar-refractivity contribution in [2.45, 2.75) is 6.18 Å². The molecule has 2 aromatic carbocycles. The first-order valence-corrected chi connectivity index (χ1v) is 9.02. The fraction of sp³-hybridized carbons (Fsp3) is 0.105. The molecule has 1 aromatic heterocycles. The zero-order chi connectivity index (χ0) is 22.1. The van der Waals surface area contributed by atoms with Crippen molar-refractivity contribution in [2.75, 3.05) is 12.1 Å². The first kappa shape index (κ1) is 21.8. The monoisotopic (exact) mass is 458 g/mol. The highest BCUT2D eigenvalue weighted by Gasteiger charge is 2.30. The zero-order valence-corrected chi connectivity index (χ0v) is 16.7. The molecular weight excluding hydrogens is 447 g/mol. The molecule has 0 radical (unpaired) electrons. The lowest BCUT2D eigenvalue weighted by atomic mass is 10.1. The molecule has 11 heteroatoms. The van der Waals surface area contributed by atoms with Gasteiger partial charge in [-0.3, -0.25) is 9.80 Å². The Morgan fingerprint density at radius 1 is 1.17 bits per heavy atom. The van der Waals surface area contributed by atoms with E-state index in [1.54, 1.807) is 0 Å². The quantitative estimate of drug-likeness (QED) is 0.308. The number of hydrogen-bond acceptors (Lipinski definition) is 4. The molecule has 0 aliphatic carbocycles. The molecule has 1 heterocycles. The molecule has 5 nitrogen and oxygen atoms in total. The smallest absolute Gasteiger partial charge is 0.266 e. The number of hydrazone groups is 1. The van der Waals surface area contributed by atoms with Gasteiger partial charge in [0, 0.05) is 7.05 Å². The molecule has 0 aliphatic heterocycles. The summed E-state index contributed by atoms with van der Waals surface area (Å²) in [6, 6.07) is 8.20. The standard InChI is InChI=1S/C19H12Cl2F4N4O/c1-28(26-9-11-3-2-4-12(7-11)19(23,24)25)16-10-27-29(18(30)17(16)21)13-5-6-15(22)14(20)8-13/h2-10H,1H3. The number of aromatic nitrogens is 2. The fourth-order valence-electron chi connectivity index (χ4n) is 2.46. The lowest BCUT2D eigenvalue weighted by Gasteiger charge is -2.15. The van der Waals surface area contributed by atoms with Crippen LogP contribution in [0.15, 0.2) is 58.6 Å². The Hall–Kier alpha value is -2.91. The molecule has 0 N–H and O–H groups in total. The van der Waals surface area contributed by atoms with Crippen molar-refractivity contribution in [1.82, 2.24) is 9.78 Å². The second-order valence-electron chi connectivity index (χ2n) is 6.05. The van der Waals surface area contributed by atoms with Crippen molar-refractivity contribution in [2.24, 2.45) is 5.10 Å². The molecule has 0 bridgehead atoms. The van der Waals surface area contributed by atoms with Crippen LogP contribution >= 0.6 is 23.2 Å². The second-order valence-corrected chi connectivity index (χ2v) is 6.84. The first-order chi connectivity index (χ1) is 14.1. The maximum absolute atomic E-state index is 13.3. The number of anilines is 1. The van der Waals surface area contributed by atoms with Gasteiger partial charge in [-0.15, -0.1) is 0 Å². The molecule has 3 rings (SSSR count). The molecule has 0 saturated heterocycles. The van der Waals surface area contributed by atoms with Gasteiger partial charge in [0.1, 0.15) is 16.5 Å². The molecule has 30 heavy (non-hydrogen) atoms. The third-order valence-electron chi connectivity index (χ3n) is 3.99. The van der Waals surface area contributed by atoms with Crippen molar-refractivity contribution in [1.29, 1.82) is 0 Å². The Morgan fingerprint density at radius 3 is 2.57 bits per heavy atom. The Kier molecular flexibility index (Phi) is 6.14. The lowest BCUT2D eigenvalue weighted by Crippen LogP contribution is -2.24. The van der Waals surface area contributed by atoms with Crippen LogP contribution in [0.4, 0.5) is 23.2 Å². The van der Waals surface area contributed by atoms with Crippen LogP contribution in [-0.4, -0.2) is 23.0 Å². The van der Waals surface area contributed by atoms with Crippen molar-refractivity contribution in [3.63, 3.8) is 0 Å². The van der Waals surface area contributed by atoms with Crippen LogP contribution < -0.4 is 10.6 Å². The van der Waals surface area contributed by atoms with Crippen LogP contribution in [0.25, 0.3) is 5.69 Å². The van der Waals surface area contributed by atoms with Gasteiger partial charge in [0.2, 0.25) is 0 Å². The van der Waals surface area contributed by atoms with Gasteiger partial charge in [0.05, 0.1) is 28.7 Å². The van der Waals surface area contributed by atoms with Gasteiger partial charge in [0.15, 0.2) is 0 Å². The Labute approximate surface area is 177 Å². The maximum Gasteiger partial charge on any atom is 0.416 e. The Bertz CT molecular complexity index is 1180. The number of benzene rings is 2. The number of halogens is 6. The van der Waals surface area contributed by atoms with Crippen LogP contribution in [0.5, 0.6) is 0 Å². The summed E-state index contributed by atoms with van der Waals surface area (Å²) >= 11 is 11.9. The van der Waals surface area contributed by atoms with Crippen molar-refractivity contribution in [3.05, 3.63) is 86.0 Å². The van der Waals surface area contributed by atoms with E-state index in [9.17, 15) is 22.4 Å². The summed E-state index contributed by atoms with van der Waals surface area (Å²) in [4.78, 5) is 12.5. The minimum atomic E-state index is -4.48. The van der Waals surface area contributed by atoms with E-state index >= 15 is 0 Å². The average molecular weight is 459 g/mol. The Balaban J connectivity index is 1.89. The summed E-state index contributed by atoms with van der Waals surface area (Å²) in [7, 11) is 1.45. The van der Waals surface area contributed by atoms with E-state index in [0.29, 0.717) is 0 Å². The van der Waals surface area contributed by atoms with E-state index in [0.717, 1.165) is 22.9 Å². The first-order valence-electron chi connectivity index (χ1n) is 8.26. The largest absolute Gasteiger partial charge is 0.416 e. The minimum absolute atomic E-state index is 0.120. The summed E-state index contributed by atoms with van der Waals surface area (Å²) in [5.74, 6) is -0.653. The molecular formula is C19H12Cl2F4N4O. The van der Waals surface area contributed by atoms with Crippen molar-refractivity contribution in [3.8, 4) is 5.69 Å². The molecule has 0 saturated carbocycles. The van der Waals surface area contributed by atoms with Gasteiger partial charge in [-0.1, -0.05) is 35.3 Å². The van der Waals surface area contributed by atoms with Crippen molar-refractivity contribution >= 4 is 35.1 Å². The molecule has 3 aromatic rings. The number of nitrogens with zero attached hydrogens (tertiary/aromatic N) is 4. The van der Waals surface area contributed by atoms with Gasteiger partial charge in [-0.25, -0.2) is 4.39 Å². The van der Waals surface area contributed by atoms with Crippen LogP contribution in [0, 0.1) is 5.82 Å². The number of rotatable bonds is 4. The average Bonchev–Trinajstić information content (AvgIpc) is 2.70. The topological polar surface area (TPSA) is 50.5 Å². The Morgan fingerprint density at radius 2 is 1.90 bits per heavy atom. The highest BCUT2D eigenvalue weighted by molar-refractivity contribution is 6.33. The van der Waals surface area contributed by atoms with E-state index in [2.05, 4.69) is 10.2 Å². The third kappa shape index (κ3) is 4.63. The summed E-state index contributed by atoms with van der Waals surface area (Å²) in [6.07, 6.45) is -2.04. The van der Waals surface area contributed by atoms with Crippen LogP contribution in [0.1, 0.15) is 11.1 Å². The van der Waals surface area contributed by atoms with Gasteiger partial charge < -0.3 is 0 Å². The van der Waals surface area contributed by atoms with E-state index in [-0.39, 0.29) is 27.0 Å². The van der Waals surface area contributed by atoms with Gasteiger partial charge >= 0.3 is 6.18 Å². The van der Waals surface area contributed by atoms with E-state index in [1.165, 1.54) is 48.7 Å². The molecule has 0 aliphatic rings. The molecule has 0 amide bonds. The SMILES string of the molecule is CN(N=Cc1cccc(C(F)(F)F)c1)c1cnn(-c2ccc(F)c(Cl)c2)c(=O)c1Cl. The van der Waals surface area contributed by atoms with Crippen LogP contribution in [0.3, 0.4) is 0 Å². The minimum Gasteiger partial charge on any atom is -0.266 e. The van der Waals surface area contributed by atoms with Crippen LogP contribution in [-0.2, 0) is 6.18 Å². The van der Waals surface area contributed by atoms with E-state index in [4.69, 9.17) is 23.2 Å². The van der Waals surface area contributed by atoms with Gasteiger partial charge in [-0.2, -0.15) is 28.1 Å². The summed E-state index contributed by atoms with van der Waals surface area (Å²) in [5.41, 5.74) is -0.994. The normalized spacial score (nSPS) is 11.8. The summed E-state index contributed by atoms with van der Waals surface area (Å²) in [6.45, 7) is 0. The third-order valence-corrected chi connectivity index (χ3v) is 4.64. The van der Waals surface area contributed by atoms with Gasteiger partial charge in [0.25, 0.3) is 5.56 Å². The van der Waals surface area contributed by atoms with E-state index in [1.807, 2.05) is 0 Å². The molecule has 0 unspecified atom stereocenters. The fourth-order valence-corrected chi connectivity index (χ4v) is 2.89. The molecule has 156 valence electrons. The highest BCUT2D eigenvalue weighted by atomic mass is 35.5. The molecule has 0 atom stereocenters. The zero-order valence-electron chi connectivity index (χ0n) is 15.2. The second kappa shape index (κ2) is 8.45. The maximum atomic E-state index is 13.3. The number of hydrogen-bond donors (Lipinski definition) is 0. The van der Waals surface area contributed by atoms with E-state index < -0.39 is 23.1 Å². The number of alkyl halides is 3. The summed E-state index contributed by atoms with van der Waals surface area (Å²) < 4.78 is 52.7. The lowest BCUT2D eigenvalue weighted by molar-refractivity contribution is -0.137. The predicted octanol–water partition coefficient (Wildman–Crippen LogP) is 5.17. The molecule has 0 spiro atoms. The summed E-state index contributed by atoms with van der Waals surface area (Å²) in [5, 5.41) is 8.75. The molecule has 0 fully saturated rings.